The van der Waals surface area contributed by atoms with Crippen molar-refractivity contribution in [3.63, 3.8) is 0 Å². The van der Waals surface area contributed by atoms with Gasteiger partial charge in [-0.3, -0.25) is 0 Å². The summed E-state index contributed by atoms with van der Waals surface area (Å²) in [5.74, 6) is 0. The molecule has 2 rings (SSSR count). The average Bonchev–Trinajstić information content (AvgIpc) is 2.41. The quantitative estimate of drug-likeness (QED) is 0.468. The van der Waals surface area contributed by atoms with Crippen LogP contribution in [-0.4, -0.2) is 5.33 Å². The molecule has 0 N–H and O–H groups in total. The Labute approximate surface area is 141 Å². The van der Waals surface area contributed by atoms with Crippen molar-refractivity contribution >= 4 is 47.8 Å². The summed E-state index contributed by atoms with van der Waals surface area (Å²) >= 11 is 10.3. The van der Waals surface area contributed by atoms with Crippen LogP contribution in [0.2, 0.25) is 0 Å². The molecule has 0 aromatic heterocycles. The predicted octanol–water partition coefficient (Wildman–Crippen LogP) is 6.53. The molecule has 0 radical (unpaired) electrons. The largest absolute Gasteiger partial charge is 0.0924 e. The second kappa shape index (κ2) is 9.73. The zero-order chi connectivity index (χ0) is 14.1. The molecule has 2 aromatic rings. The Kier molecular flexibility index (Phi) is 8.67. The molecule has 0 spiro atoms. The van der Waals surface area contributed by atoms with E-state index in [1.807, 2.05) is 18.2 Å². The first-order valence-corrected chi connectivity index (χ1v) is 8.96. The third kappa shape index (κ3) is 7.28. The van der Waals surface area contributed by atoms with Crippen LogP contribution in [0.3, 0.4) is 0 Å². The topological polar surface area (TPSA) is 0 Å². The van der Waals surface area contributed by atoms with Crippen molar-refractivity contribution in [2.45, 2.75) is 18.2 Å². The van der Waals surface area contributed by atoms with E-state index in [2.05, 4.69) is 91.1 Å². The van der Waals surface area contributed by atoms with Crippen LogP contribution in [0, 0.1) is 0 Å². The summed E-state index contributed by atoms with van der Waals surface area (Å²) in [6.07, 6.45) is 1.13. The minimum atomic E-state index is 0.435. The van der Waals surface area contributed by atoms with Gasteiger partial charge in [0.25, 0.3) is 0 Å². The SMILES string of the molecule is BrCCc1ccccc1.CC(Br)c1cccc(Br)c1. The Morgan fingerprint density at radius 1 is 1.00 bits per heavy atom. The highest BCUT2D eigenvalue weighted by Crippen LogP contribution is 2.23. The fourth-order valence-corrected chi connectivity index (χ4v) is 2.67. The minimum absolute atomic E-state index is 0.435. The van der Waals surface area contributed by atoms with Crippen LogP contribution in [-0.2, 0) is 6.42 Å². The third-order valence-electron chi connectivity index (χ3n) is 2.53. The molecular formula is C16H17Br3. The van der Waals surface area contributed by atoms with Crippen LogP contribution in [0.15, 0.2) is 59.1 Å². The van der Waals surface area contributed by atoms with E-state index < -0.39 is 0 Å². The van der Waals surface area contributed by atoms with Gasteiger partial charge >= 0.3 is 0 Å². The molecule has 0 nitrogen and oxygen atoms in total. The maximum absolute atomic E-state index is 3.50. The first kappa shape index (κ1) is 16.9. The number of halogens is 3. The lowest BCUT2D eigenvalue weighted by Crippen LogP contribution is -1.82. The highest BCUT2D eigenvalue weighted by atomic mass is 79.9. The first-order chi connectivity index (χ1) is 9.13. The van der Waals surface area contributed by atoms with Gasteiger partial charge < -0.3 is 0 Å². The van der Waals surface area contributed by atoms with Crippen LogP contribution in [0.25, 0.3) is 0 Å². The Hall–Kier alpha value is -0.120. The molecule has 2 aromatic carbocycles. The van der Waals surface area contributed by atoms with E-state index in [-0.39, 0.29) is 0 Å². The van der Waals surface area contributed by atoms with Crippen LogP contribution in [0.5, 0.6) is 0 Å². The fraction of sp³-hybridized carbons (Fsp3) is 0.250. The molecular weight excluding hydrogens is 432 g/mol. The molecule has 3 heteroatoms. The van der Waals surface area contributed by atoms with E-state index in [9.17, 15) is 0 Å². The van der Waals surface area contributed by atoms with Gasteiger partial charge in [0.2, 0.25) is 0 Å². The van der Waals surface area contributed by atoms with E-state index in [4.69, 9.17) is 0 Å². The standard InChI is InChI=1S/C8H8Br2.C8H9Br/c1-6(9)7-3-2-4-8(10)5-7;9-7-6-8-4-2-1-3-5-8/h2-6H,1H3;1-5H,6-7H2. The van der Waals surface area contributed by atoms with Gasteiger partial charge in [0, 0.05) is 14.6 Å². The van der Waals surface area contributed by atoms with Crippen LogP contribution >= 0.6 is 47.8 Å². The molecule has 0 saturated heterocycles. The predicted molar refractivity (Wildman–Crippen MR) is 95.4 cm³/mol. The molecule has 0 amide bonds. The lowest BCUT2D eigenvalue weighted by Gasteiger charge is -2.02. The normalized spacial score (nSPS) is 11.4. The van der Waals surface area contributed by atoms with E-state index in [1.165, 1.54) is 11.1 Å². The Morgan fingerprint density at radius 3 is 2.16 bits per heavy atom. The molecule has 0 aliphatic carbocycles. The minimum Gasteiger partial charge on any atom is -0.0924 e. The highest BCUT2D eigenvalue weighted by Gasteiger charge is 1.98. The lowest BCUT2D eigenvalue weighted by molar-refractivity contribution is 1.12. The number of hydrogen-bond donors (Lipinski definition) is 0. The first-order valence-electron chi connectivity index (χ1n) is 6.13. The van der Waals surface area contributed by atoms with Gasteiger partial charge in [-0.2, -0.15) is 0 Å². The molecule has 19 heavy (non-hydrogen) atoms. The van der Waals surface area contributed by atoms with Gasteiger partial charge in [-0.1, -0.05) is 90.3 Å². The van der Waals surface area contributed by atoms with Crippen LogP contribution < -0.4 is 0 Å². The number of aryl methyl sites for hydroxylation is 1. The van der Waals surface area contributed by atoms with Crippen molar-refractivity contribution in [2.24, 2.45) is 0 Å². The number of rotatable bonds is 3. The van der Waals surface area contributed by atoms with Crippen LogP contribution in [0.4, 0.5) is 0 Å². The zero-order valence-corrected chi connectivity index (χ0v) is 15.6. The Bertz CT molecular complexity index is 466. The smallest absolute Gasteiger partial charge is 0.0367 e. The Balaban J connectivity index is 0.000000191. The second-order valence-corrected chi connectivity index (χ2v) is 7.18. The van der Waals surface area contributed by atoms with E-state index >= 15 is 0 Å². The van der Waals surface area contributed by atoms with Crippen molar-refractivity contribution < 1.29 is 0 Å². The molecule has 0 saturated carbocycles. The second-order valence-electron chi connectivity index (χ2n) is 4.10. The molecule has 0 aliphatic heterocycles. The Morgan fingerprint density at radius 2 is 1.68 bits per heavy atom. The summed E-state index contributed by atoms with van der Waals surface area (Å²) in [5, 5.41) is 1.05. The number of benzene rings is 2. The van der Waals surface area contributed by atoms with Crippen molar-refractivity contribution in [2.75, 3.05) is 5.33 Å². The monoisotopic (exact) mass is 446 g/mol. The summed E-state index contributed by atoms with van der Waals surface area (Å²) in [7, 11) is 0. The van der Waals surface area contributed by atoms with E-state index in [0.29, 0.717) is 4.83 Å². The lowest BCUT2D eigenvalue weighted by atomic mass is 10.2. The van der Waals surface area contributed by atoms with E-state index in [0.717, 1.165) is 16.2 Å². The van der Waals surface area contributed by atoms with Gasteiger partial charge in [0.15, 0.2) is 0 Å². The van der Waals surface area contributed by atoms with Gasteiger partial charge in [0.1, 0.15) is 0 Å². The van der Waals surface area contributed by atoms with Crippen molar-refractivity contribution in [1.82, 2.24) is 0 Å². The van der Waals surface area contributed by atoms with Crippen molar-refractivity contribution in [3.8, 4) is 0 Å². The average molecular weight is 449 g/mol. The van der Waals surface area contributed by atoms with Gasteiger partial charge in [-0.05, 0) is 36.6 Å². The molecule has 1 unspecified atom stereocenters. The maximum atomic E-state index is 3.50. The van der Waals surface area contributed by atoms with Gasteiger partial charge in [0.05, 0.1) is 0 Å². The van der Waals surface area contributed by atoms with Gasteiger partial charge in [-0.15, -0.1) is 0 Å². The summed E-state index contributed by atoms with van der Waals surface area (Å²) in [4.78, 5) is 0.435. The van der Waals surface area contributed by atoms with Crippen molar-refractivity contribution in [1.29, 1.82) is 0 Å². The summed E-state index contributed by atoms with van der Waals surface area (Å²) in [6.45, 7) is 2.11. The van der Waals surface area contributed by atoms with Gasteiger partial charge in [-0.25, -0.2) is 0 Å². The fourth-order valence-electron chi connectivity index (χ4n) is 1.51. The molecule has 0 aliphatic rings. The molecule has 0 fully saturated rings. The van der Waals surface area contributed by atoms with Crippen LogP contribution in [0.1, 0.15) is 22.9 Å². The third-order valence-corrected chi connectivity index (χ3v) is 3.95. The maximum Gasteiger partial charge on any atom is 0.0367 e. The summed E-state index contributed by atoms with van der Waals surface area (Å²) in [5.41, 5.74) is 2.70. The van der Waals surface area contributed by atoms with E-state index in [1.54, 1.807) is 0 Å². The van der Waals surface area contributed by atoms with Crippen molar-refractivity contribution in [3.05, 3.63) is 70.2 Å². The molecule has 0 bridgehead atoms. The molecule has 102 valence electrons. The zero-order valence-electron chi connectivity index (χ0n) is 10.8. The summed E-state index contributed by atoms with van der Waals surface area (Å²) in [6, 6.07) is 18.7. The number of alkyl halides is 2. The summed E-state index contributed by atoms with van der Waals surface area (Å²) < 4.78 is 1.14. The number of hydrogen-bond acceptors (Lipinski definition) is 0. The molecule has 0 heterocycles. The highest BCUT2D eigenvalue weighted by molar-refractivity contribution is 9.10. The molecule has 1 atom stereocenters.